The first-order chi connectivity index (χ1) is 10.8. The van der Waals surface area contributed by atoms with Gasteiger partial charge >= 0.3 is 6.09 Å². The van der Waals surface area contributed by atoms with Gasteiger partial charge in [-0.25, -0.2) is 4.79 Å². The first-order valence-corrected chi connectivity index (χ1v) is 7.95. The molecule has 2 heterocycles. The van der Waals surface area contributed by atoms with Crippen LogP contribution in [0.15, 0.2) is 18.2 Å². The van der Waals surface area contributed by atoms with E-state index in [0.29, 0.717) is 24.7 Å². The predicted molar refractivity (Wildman–Crippen MR) is 84.0 cm³/mol. The van der Waals surface area contributed by atoms with Crippen molar-refractivity contribution in [2.75, 3.05) is 13.2 Å². The number of carbonyl (C=O) groups excluding carboxylic acids is 1. The van der Waals surface area contributed by atoms with Gasteiger partial charge < -0.3 is 24.2 Å². The highest BCUT2D eigenvalue weighted by atomic mass is 16.6. The number of carbonyl (C=O) groups is 1. The Hall–Kier alpha value is -2.11. The Kier molecular flexibility index (Phi) is 4.00. The molecule has 126 valence electrons. The quantitative estimate of drug-likeness (QED) is 0.861. The van der Waals surface area contributed by atoms with E-state index in [1.165, 1.54) is 6.07 Å². The maximum absolute atomic E-state index is 12.4. The van der Waals surface area contributed by atoms with E-state index < -0.39 is 5.60 Å². The highest BCUT2D eigenvalue weighted by Crippen LogP contribution is 2.37. The van der Waals surface area contributed by atoms with Gasteiger partial charge in [-0.1, -0.05) is 0 Å². The van der Waals surface area contributed by atoms with E-state index in [4.69, 9.17) is 14.2 Å². The van der Waals surface area contributed by atoms with Crippen molar-refractivity contribution < 1.29 is 24.1 Å². The van der Waals surface area contributed by atoms with E-state index in [9.17, 15) is 9.90 Å². The standard InChI is InChI=1S/C17H23NO5/c1-17(2,3)23-16(20)18-8-4-5-12(18)15-10-21-13-7-6-11(19)9-14(13)22-15/h6-7,9,12,15,19H,4-5,8,10H2,1-3H3/t12-,15+/m1/s1. The molecule has 2 atom stereocenters. The number of rotatable bonds is 1. The van der Waals surface area contributed by atoms with Gasteiger partial charge in [0.1, 0.15) is 18.0 Å². The van der Waals surface area contributed by atoms with Crippen LogP contribution in [0.5, 0.6) is 17.2 Å². The molecule has 1 aromatic carbocycles. The zero-order valence-corrected chi connectivity index (χ0v) is 13.7. The number of phenols is 1. The Bertz CT molecular complexity index is 595. The van der Waals surface area contributed by atoms with E-state index in [-0.39, 0.29) is 24.0 Å². The van der Waals surface area contributed by atoms with Crippen molar-refractivity contribution in [1.82, 2.24) is 4.90 Å². The van der Waals surface area contributed by atoms with Gasteiger partial charge in [-0.3, -0.25) is 0 Å². The Morgan fingerprint density at radius 2 is 2.13 bits per heavy atom. The second-order valence-electron chi connectivity index (χ2n) is 6.98. The van der Waals surface area contributed by atoms with Crippen LogP contribution >= 0.6 is 0 Å². The summed E-state index contributed by atoms with van der Waals surface area (Å²) < 4.78 is 17.2. The maximum atomic E-state index is 12.4. The summed E-state index contributed by atoms with van der Waals surface area (Å²) in [6.07, 6.45) is 1.18. The largest absolute Gasteiger partial charge is 0.508 e. The van der Waals surface area contributed by atoms with Gasteiger partial charge in [-0.15, -0.1) is 0 Å². The number of phenolic OH excluding ortho intramolecular Hbond substituents is 1. The van der Waals surface area contributed by atoms with Crippen LogP contribution in [0.3, 0.4) is 0 Å². The summed E-state index contributed by atoms with van der Waals surface area (Å²) in [6, 6.07) is 4.70. The molecule has 0 saturated carbocycles. The SMILES string of the molecule is CC(C)(C)OC(=O)N1CCC[C@@H]1[C@@H]1COc2ccc(O)cc2O1. The normalized spacial score (nSPS) is 23.7. The topological polar surface area (TPSA) is 68.2 Å². The van der Waals surface area contributed by atoms with Crippen molar-refractivity contribution in [2.24, 2.45) is 0 Å². The molecule has 2 aliphatic heterocycles. The van der Waals surface area contributed by atoms with Gasteiger partial charge in [0.2, 0.25) is 0 Å². The Labute approximate surface area is 135 Å². The fourth-order valence-corrected chi connectivity index (χ4v) is 2.99. The number of benzene rings is 1. The average molecular weight is 321 g/mol. The van der Waals surface area contributed by atoms with Crippen molar-refractivity contribution in [2.45, 2.75) is 51.4 Å². The molecule has 1 aromatic rings. The summed E-state index contributed by atoms with van der Waals surface area (Å²) in [5, 5.41) is 9.59. The predicted octanol–water partition coefficient (Wildman–Crippen LogP) is 2.93. The fourth-order valence-electron chi connectivity index (χ4n) is 2.99. The molecule has 0 aliphatic carbocycles. The number of aromatic hydroxyl groups is 1. The van der Waals surface area contributed by atoms with Crippen LogP contribution in [0.2, 0.25) is 0 Å². The summed E-state index contributed by atoms with van der Waals surface area (Å²) in [4.78, 5) is 14.1. The number of likely N-dealkylation sites (tertiary alicyclic amines) is 1. The second-order valence-corrected chi connectivity index (χ2v) is 6.98. The van der Waals surface area contributed by atoms with Crippen LogP contribution in [0, 0.1) is 0 Å². The van der Waals surface area contributed by atoms with Crippen molar-refractivity contribution in [3.63, 3.8) is 0 Å². The van der Waals surface area contributed by atoms with Gasteiger partial charge in [-0.2, -0.15) is 0 Å². The Morgan fingerprint density at radius 1 is 1.35 bits per heavy atom. The monoisotopic (exact) mass is 321 g/mol. The summed E-state index contributed by atoms with van der Waals surface area (Å²) >= 11 is 0. The molecule has 0 bridgehead atoms. The second kappa shape index (κ2) is 5.83. The van der Waals surface area contributed by atoms with Crippen molar-refractivity contribution >= 4 is 6.09 Å². The van der Waals surface area contributed by atoms with Gasteiger partial charge in [0.25, 0.3) is 0 Å². The lowest BCUT2D eigenvalue weighted by Crippen LogP contribution is -2.50. The molecule has 6 heteroatoms. The lowest BCUT2D eigenvalue weighted by molar-refractivity contribution is -0.00466. The Morgan fingerprint density at radius 3 is 2.87 bits per heavy atom. The van der Waals surface area contributed by atoms with E-state index in [1.54, 1.807) is 17.0 Å². The minimum Gasteiger partial charge on any atom is -0.508 e. The number of amides is 1. The molecule has 23 heavy (non-hydrogen) atoms. The van der Waals surface area contributed by atoms with Crippen LogP contribution in [0.4, 0.5) is 4.79 Å². The molecule has 1 N–H and O–H groups in total. The van der Waals surface area contributed by atoms with Gasteiger partial charge in [-0.05, 0) is 45.7 Å². The molecule has 3 rings (SSSR count). The lowest BCUT2D eigenvalue weighted by Gasteiger charge is -2.35. The van der Waals surface area contributed by atoms with Crippen molar-refractivity contribution in [3.05, 3.63) is 18.2 Å². The molecule has 2 aliphatic rings. The van der Waals surface area contributed by atoms with E-state index in [0.717, 1.165) is 12.8 Å². The lowest BCUT2D eigenvalue weighted by atomic mass is 10.1. The molecule has 0 radical (unpaired) electrons. The first kappa shape index (κ1) is 15.8. The van der Waals surface area contributed by atoms with Crippen LogP contribution in [-0.2, 0) is 4.74 Å². The molecule has 0 unspecified atom stereocenters. The number of fused-ring (bicyclic) bond motifs is 1. The first-order valence-electron chi connectivity index (χ1n) is 7.95. The molecule has 1 amide bonds. The highest BCUT2D eigenvalue weighted by molar-refractivity contribution is 5.69. The molecule has 0 spiro atoms. The number of hydrogen-bond acceptors (Lipinski definition) is 5. The fraction of sp³-hybridized carbons (Fsp3) is 0.588. The van der Waals surface area contributed by atoms with Crippen LogP contribution in [0.25, 0.3) is 0 Å². The minimum absolute atomic E-state index is 0.0830. The summed E-state index contributed by atoms with van der Waals surface area (Å²) in [7, 11) is 0. The highest BCUT2D eigenvalue weighted by Gasteiger charge is 2.40. The minimum atomic E-state index is -0.521. The third-order valence-corrected chi connectivity index (χ3v) is 3.97. The average Bonchev–Trinajstić information content (AvgIpc) is 2.94. The van der Waals surface area contributed by atoms with Gasteiger partial charge in [0.05, 0.1) is 6.04 Å². The van der Waals surface area contributed by atoms with Gasteiger partial charge in [0.15, 0.2) is 17.6 Å². The van der Waals surface area contributed by atoms with Crippen LogP contribution in [-0.4, -0.2) is 47.0 Å². The summed E-state index contributed by atoms with van der Waals surface area (Å²) in [6.45, 7) is 6.60. The molecule has 1 saturated heterocycles. The van der Waals surface area contributed by atoms with E-state index >= 15 is 0 Å². The zero-order chi connectivity index (χ0) is 16.6. The summed E-state index contributed by atoms with van der Waals surface area (Å²) in [5.41, 5.74) is -0.521. The van der Waals surface area contributed by atoms with Gasteiger partial charge in [0, 0.05) is 12.6 Å². The molecular weight excluding hydrogens is 298 g/mol. The van der Waals surface area contributed by atoms with Crippen LogP contribution < -0.4 is 9.47 Å². The Balaban J connectivity index is 1.72. The zero-order valence-electron chi connectivity index (χ0n) is 13.7. The molecular formula is C17H23NO5. The number of ether oxygens (including phenoxy) is 3. The van der Waals surface area contributed by atoms with Crippen molar-refractivity contribution in [3.8, 4) is 17.2 Å². The smallest absolute Gasteiger partial charge is 0.410 e. The van der Waals surface area contributed by atoms with Crippen molar-refractivity contribution in [1.29, 1.82) is 0 Å². The number of nitrogens with zero attached hydrogens (tertiary/aromatic N) is 1. The van der Waals surface area contributed by atoms with E-state index in [1.807, 2.05) is 20.8 Å². The summed E-state index contributed by atoms with van der Waals surface area (Å²) in [5.74, 6) is 1.25. The maximum Gasteiger partial charge on any atom is 0.410 e. The molecule has 6 nitrogen and oxygen atoms in total. The number of hydrogen-bond donors (Lipinski definition) is 1. The third kappa shape index (κ3) is 3.46. The third-order valence-electron chi connectivity index (χ3n) is 3.97. The molecule has 1 fully saturated rings. The molecule has 0 aromatic heterocycles. The van der Waals surface area contributed by atoms with Crippen LogP contribution in [0.1, 0.15) is 33.6 Å². The van der Waals surface area contributed by atoms with E-state index in [2.05, 4.69) is 0 Å².